The van der Waals surface area contributed by atoms with Gasteiger partial charge in [0.2, 0.25) is 0 Å². The van der Waals surface area contributed by atoms with Gasteiger partial charge < -0.3 is 19.3 Å². The summed E-state index contributed by atoms with van der Waals surface area (Å²) in [5.41, 5.74) is 0. The molecular weight excluding hydrogens is 208 g/mol. The van der Waals surface area contributed by atoms with Gasteiger partial charge in [0.1, 0.15) is 6.10 Å². The minimum absolute atomic E-state index is 0.00718. The number of fused-ring (bicyclic) bond motifs is 3. The van der Waals surface area contributed by atoms with Crippen LogP contribution in [-0.4, -0.2) is 35.5 Å². The molecule has 2 aliphatic heterocycles. The lowest BCUT2D eigenvalue weighted by molar-refractivity contribution is -0.219. The molecule has 16 heavy (non-hydrogen) atoms. The first kappa shape index (κ1) is 11.0. The molecule has 5 atom stereocenters. The quantitative estimate of drug-likeness (QED) is 0.681. The first-order valence-corrected chi connectivity index (χ1v) is 6.26. The maximum atomic E-state index is 10.0. The van der Waals surface area contributed by atoms with Crippen molar-refractivity contribution in [2.75, 3.05) is 0 Å². The van der Waals surface area contributed by atoms with Crippen molar-refractivity contribution in [2.45, 2.75) is 69.9 Å². The average Bonchev–Trinajstić information content (AvgIpc) is 2.58. The summed E-state index contributed by atoms with van der Waals surface area (Å²) in [6, 6.07) is 0. The zero-order chi connectivity index (χ0) is 11.3. The van der Waals surface area contributed by atoms with Gasteiger partial charge in [0.15, 0.2) is 12.1 Å². The fraction of sp³-hybridized carbons (Fsp3) is 1.00. The number of rotatable bonds is 0. The fourth-order valence-corrected chi connectivity index (χ4v) is 3.20. The van der Waals surface area contributed by atoms with E-state index in [1.165, 1.54) is 0 Å². The van der Waals surface area contributed by atoms with E-state index < -0.39 is 5.79 Å². The van der Waals surface area contributed by atoms with Gasteiger partial charge in [0, 0.05) is 5.92 Å². The van der Waals surface area contributed by atoms with Crippen LogP contribution < -0.4 is 0 Å². The van der Waals surface area contributed by atoms with Crippen molar-refractivity contribution in [3.8, 4) is 0 Å². The van der Waals surface area contributed by atoms with Gasteiger partial charge in [0.25, 0.3) is 0 Å². The molecule has 3 aliphatic rings. The van der Waals surface area contributed by atoms with Crippen LogP contribution in [0.15, 0.2) is 0 Å². The second kappa shape index (κ2) is 3.67. The number of aliphatic hydroxyl groups excluding tert-OH is 1. The Morgan fingerprint density at radius 2 is 1.81 bits per heavy atom. The minimum atomic E-state index is -0.544. The Morgan fingerprint density at radius 1 is 1.06 bits per heavy atom. The number of hydrogen-bond acceptors (Lipinski definition) is 4. The van der Waals surface area contributed by atoms with Crippen LogP contribution in [0.5, 0.6) is 0 Å². The lowest BCUT2D eigenvalue weighted by Gasteiger charge is -2.26. The molecule has 4 nitrogen and oxygen atoms in total. The third kappa shape index (κ3) is 1.68. The smallest absolute Gasteiger partial charge is 0.187 e. The van der Waals surface area contributed by atoms with E-state index in [1.807, 2.05) is 13.8 Å². The molecule has 0 amide bonds. The van der Waals surface area contributed by atoms with Gasteiger partial charge in [-0.1, -0.05) is 12.8 Å². The van der Waals surface area contributed by atoms with E-state index in [1.54, 1.807) is 0 Å². The van der Waals surface area contributed by atoms with Gasteiger partial charge in [-0.25, -0.2) is 0 Å². The predicted molar refractivity (Wildman–Crippen MR) is 56.7 cm³/mol. The number of aliphatic hydroxyl groups is 1. The molecule has 3 fully saturated rings. The first-order valence-electron chi connectivity index (χ1n) is 6.26. The van der Waals surface area contributed by atoms with Crippen molar-refractivity contribution < 1.29 is 19.3 Å². The van der Waals surface area contributed by atoms with Gasteiger partial charge in [-0.2, -0.15) is 0 Å². The zero-order valence-corrected chi connectivity index (χ0v) is 9.89. The van der Waals surface area contributed by atoms with Crippen LogP contribution in [0, 0.1) is 5.92 Å². The molecule has 4 heteroatoms. The molecule has 0 radical (unpaired) electrons. The van der Waals surface area contributed by atoms with Crippen LogP contribution in [0.3, 0.4) is 0 Å². The van der Waals surface area contributed by atoms with Crippen LogP contribution in [0.1, 0.15) is 39.5 Å². The Hall–Kier alpha value is -0.160. The van der Waals surface area contributed by atoms with Crippen molar-refractivity contribution >= 4 is 0 Å². The Kier molecular flexibility index (Phi) is 2.51. The first-order chi connectivity index (χ1) is 7.57. The van der Waals surface area contributed by atoms with E-state index in [4.69, 9.17) is 14.2 Å². The molecule has 0 aromatic heterocycles. The summed E-state index contributed by atoms with van der Waals surface area (Å²) in [6.45, 7) is 3.83. The lowest BCUT2D eigenvalue weighted by atomic mass is 9.93. The van der Waals surface area contributed by atoms with Crippen LogP contribution in [0.25, 0.3) is 0 Å². The Labute approximate surface area is 95.9 Å². The molecular formula is C12H20O4. The summed E-state index contributed by atoms with van der Waals surface area (Å²) in [7, 11) is 0. The topological polar surface area (TPSA) is 47.9 Å². The van der Waals surface area contributed by atoms with Crippen molar-refractivity contribution in [1.82, 2.24) is 0 Å². The van der Waals surface area contributed by atoms with E-state index >= 15 is 0 Å². The molecule has 0 aromatic carbocycles. The Balaban J connectivity index is 1.79. The fourth-order valence-electron chi connectivity index (χ4n) is 3.20. The highest BCUT2D eigenvalue weighted by atomic mass is 16.8. The summed E-state index contributed by atoms with van der Waals surface area (Å²) >= 11 is 0. The van der Waals surface area contributed by atoms with Crippen molar-refractivity contribution in [2.24, 2.45) is 5.92 Å². The van der Waals surface area contributed by atoms with Crippen molar-refractivity contribution in [1.29, 1.82) is 0 Å². The molecule has 0 aromatic rings. The van der Waals surface area contributed by atoms with Gasteiger partial charge >= 0.3 is 0 Å². The van der Waals surface area contributed by atoms with E-state index in [2.05, 4.69) is 0 Å². The van der Waals surface area contributed by atoms with Crippen molar-refractivity contribution in [3.63, 3.8) is 0 Å². The molecule has 0 bridgehead atoms. The van der Waals surface area contributed by atoms with E-state index in [0.29, 0.717) is 5.92 Å². The number of hydrogen-bond donors (Lipinski definition) is 1. The highest BCUT2D eigenvalue weighted by Crippen LogP contribution is 2.45. The van der Waals surface area contributed by atoms with Crippen LogP contribution in [0.2, 0.25) is 0 Å². The highest BCUT2D eigenvalue weighted by molar-refractivity contribution is 4.96. The molecule has 92 valence electrons. The Bertz CT molecular complexity index is 278. The molecule has 1 N–H and O–H groups in total. The van der Waals surface area contributed by atoms with E-state index in [0.717, 1.165) is 25.7 Å². The standard InChI is InChI=1S/C12H20O4/c1-12(2)15-10-7-5-3-4-6-8(13)9(7)14-11(10)16-12/h7-11,13H,3-6H2,1-2H3/t7-,8-,9+,10-,11-/m1/s1. The molecule has 2 heterocycles. The molecule has 1 saturated carbocycles. The molecule has 2 saturated heterocycles. The van der Waals surface area contributed by atoms with Crippen molar-refractivity contribution in [3.05, 3.63) is 0 Å². The second-order valence-electron chi connectivity index (χ2n) is 5.58. The third-order valence-electron chi connectivity index (χ3n) is 3.89. The van der Waals surface area contributed by atoms with Crippen LogP contribution in [0.4, 0.5) is 0 Å². The largest absolute Gasteiger partial charge is 0.390 e. The SMILES string of the molecule is CC1(C)O[C@H]2O[C@H]3[C@@H](CCCC[C@H]3O)[C@H]2O1. The third-order valence-corrected chi connectivity index (χ3v) is 3.89. The number of ether oxygens (including phenoxy) is 3. The summed E-state index contributed by atoms with van der Waals surface area (Å²) in [4.78, 5) is 0. The maximum Gasteiger partial charge on any atom is 0.187 e. The normalized spacial score (nSPS) is 50.8. The van der Waals surface area contributed by atoms with Gasteiger partial charge in [-0.3, -0.25) is 0 Å². The minimum Gasteiger partial charge on any atom is -0.390 e. The average molecular weight is 228 g/mol. The van der Waals surface area contributed by atoms with Gasteiger partial charge in [0.05, 0.1) is 12.2 Å². The van der Waals surface area contributed by atoms with E-state index in [-0.39, 0.29) is 24.6 Å². The highest BCUT2D eigenvalue weighted by Gasteiger charge is 2.56. The maximum absolute atomic E-state index is 10.0. The monoisotopic (exact) mass is 228 g/mol. The second-order valence-corrected chi connectivity index (χ2v) is 5.58. The lowest BCUT2D eigenvalue weighted by Crippen LogP contribution is -2.35. The van der Waals surface area contributed by atoms with Gasteiger partial charge in [-0.15, -0.1) is 0 Å². The zero-order valence-electron chi connectivity index (χ0n) is 9.89. The summed E-state index contributed by atoms with van der Waals surface area (Å²) in [5.74, 6) is -0.248. The summed E-state index contributed by atoms with van der Waals surface area (Å²) < 4.78 is 17.4. The molecule has 0 unspecified atom stereocenters. The summed E-state index contributed by atoms with van der Waals surface area (Å²) in [5, 5.41) is 10.0. The van der Waals surface area contributed by atoms with Crippen LogP contribution >= 0.6 is 0 Å². The van der Waals surface area contributed by atoms with Crippen LogP contribution in [-0.2, 0) is 14.2 Å². The molecule has 0 spiro atoms. The molecule has 3 rings (SSSR count). The van der Waals surface area contributed by atoms with Gasteiger partial charge in [-0.05, 0) is 26.7 Å². The van der Waals surface area contributed by atoms with E-state index in [9.17, 15) is 5.11 Å². The predicted octanol–water partition coefficient (Wildman–Crippen LogP) is 1.41. The molecule has 1 aliphatic carbocycles. The Morgan fingerprint density at radius 3 is 2.62 bits per heavy atom. The summed E-state index contributed by atoms with van der Waals surface area (Å²) in [6.07, 6.45) is 3.42.